The van der Waals surface area contributed by atoms with Gasteiger partial charge in [0, 0.05) is 48.4 Å². The molecule has 1 N–H and O–H groups in total. The summed E-state index contributed by atoms with van der Waals surface area (Å²) in [6.45, 7) is 1.18. The number of nitrogens with one attached hydrogen (secondary N) is 1. The Morgan fingerprint density at radius 1 is 1.07 bits per heavy atom. The molecule has 5 aromatic rings. The van der Waals surface area contributed by atoms with Gasteiger partial charge in [-0.25, -0.2) is 14.1 Å². The number of carbonyl (C=O) groups excluding carboxylic acids is 1. The van der Waals surface area contributed by atoms with Crippen LogP contribution in [-0.4, -0.2) is 31.8 Å². The Labute approximate surface area is 237 Å². The van der Waals surface area contributed by atoms with E-state index in [1.807, 2.05) is 59.3 Å². The van der Waals surface area contributed by atoms with Gasteiger partial charge in [0.25, 0.3) is 5.91 Å². The molecule has 2 aromatic heterocycles. The van der Waals surface area contributed by atoms with Crippen molar-refractivity contribution in [3.8, 4) is 28.8 Å². The summed E-state index contributed by atoms with van der Waals surface area (Å²) >= 11 is 0. The van der Waals surface area contributed by atoms with Gasteiger partial charge in [-0.3, -0.25) is 4.79 Å². The second-order valence-electron chi connectivity index (χ2n) is 9.20. The maximum absolute atomic E-state index is 14.1. The van der Waals surface area contributed by atoms with Crippen LogP contribution in [0, 0.1) is 17.1 Å². The molecule has 0 fully saturated rings. The number of rotatable bonds is 11. The number of nitriles is 1. The van der Waals surface area contributed by atoms with E-state index in [-0.39, 0.29) is 18.0 Å². The molecule has 0 aliphatic rings. The van der Waals surface area contributed by atoms with Crippen LogP contribution in [-0.2, 0) is 17.9 Å². The summed E-state index contributed by atoms with van der Waals surface area (Å²) in [6.07, 6.45) is 9.29. The van der Waals surface area contributed by atoms with Crippen molar-refractivity contribution >= 4 is 12.0 Å². The molecule has 0 saturated carbocycles. The number of aromatic nitrogens is 4. The molecular formula is C32H27FN6O2. The number of carbonyl (C=O) groups is 1. The van der Waals surface area contributed by atoms with Gasteiger partial charge in [-0.2, -0.15) is 10.4 Å². The maximum atomic E-state index is 14.1. The van der Waals surface area contributed by atoms with E-state index in [2.05, 4.69) is 10.3 Å². The van der Waals surface area contributed by atoms with Crippen molar-refractivity contribution in [1.29, 1.82) is 5.26 Å². The first-order valence-electron chi connectivity index (χ1n) is 13.1. The van der Waals surface area contributed by atoms with Crippen molar-refractivity contribution in [2.24, 2.45) is 0 Å². The van der Waals surface area contributed by atoms with Gasteiger partial charge in [0.1, 0.15) is 35.5 Å². The van der Waals surface area contributed by atoms with Crippen LogP contribution in [0.1, 0.15) is 17.5 Å². The average molecular weight is 547 g/mol. The third-order valence-electron chi connectivity index (χ3n) is 6.33. The van der Waals surface area contributed by atoms with Gasteiger partial charge in [-0.05, 0) is 42.8 Å². The molecular weight excluding hydrogens is 519 g/mol. The number of benzene rings is 3. The van der Waals surface area contributed by atoms with E-state index in [1.54, 1.807) is 59.8 Å². The molecule has 2 heterocycles. The molecule has 204 valence electrons. The van der Waals surface area contributed by atoms with Gasteiger partial charge in [-0.15, -0.1) is 0 Å². The van der Waals surface area contributed by atoms with Crippen molar-refractivity contribution in [2.75, 3.05) is 6.54 Å². The SMILES string of the molecule is N#C/C(=C/c1cn(-c2ccccc2)nc1-c1cccc(OCc2ccccc2F)c1)C(=O)NCCCn1ccnc1. The van der Waals surface area contributed by atoms with E-state index in [4.69, 9.17) is 9.84 Å². The lowest BCUT2D eigenvalue weighted by molar-refractivity contribution is -0.117. The lowest BCUT2D eigenvalue weighted by Gasteiger charge is -2.09. The normalized spacial score (nSPS) is 11.2. The number of hydrogen-bond donors (Lipinski definition) is 1. The van der Waals surface area contributed by atoms with Crippen molar-refractivity contribution in [3.05, 3.63) is 126 Å². The Morgan fingerprint density at radius 2 is 1.90 bits per heavy atom. The number of imidazole rings is 1. The van der Waals surface area contributed by atoms with E-state index in [0.717, 1.165) is 11.3 Å². The van der Waals surface area contributed by atoms with Crippen molar-refractivity contribution in [1.82, 2.24) is 24.6 Å². The number of amides is 1. The molecule has 0 aliphatic carbocycles. The van der Waals surface area contributed by atoms with Crippen molar-refractivity contribution in [3.63, 3.8) is 0 Å². The molecule has 1 amide bonds. The fraction of sp³-hybridized carbons (Fsp3) is 0.125. The molecule has 0 spiro atoms. The topological polar surface area (TPSA) is 97.8 Å². The smallest absolute Gasteiger partial charge is 0.261 e. The molecule has 0 atom stereocenters. The first-order chi connectivity index (χ1) is 20.1. The van der Waals surface area contributed by atoms with E-state index < -0.39 is 5.91 Å². The van der Waals surface area contributed by atoms with Crippen LogP contribution in [0.4, 0.5) is 4.39 Å². The highest BCUT2D eigenvalue weighted by Crippen LogP contribution is 2.29. The van der Waals surface area contributed by atoms with E-state index in [0.29, 0.717) is 42.1 Å². The minimum atomic E-state index is -0.460. The predicted octanol–water partition coefficient (Wildman–Crippen LogP) is 5.57. The van der Waals surface area contributed by atoms with Crippen molar-refractivity contribution in [2.45, 2.75) is 19.6 Å². The van der Waals surface area contributed by atoms with Crippen molar-refractivity contribution < 1.29 is 13.9 Å². The first kappa shape index (κ1) is 27.1. The molecule has 0 bridgehead atoms. The summed E-state index contributed by atoms with van der Waals surface area (Å²) in [4.78, 5) is 16.9. The monoisotopic (exact) mass is 546 g/mol. The third-order valence-corrected chi connectivity index (χ3v) is 6.33. The molecule has 0 unspecified atom stereocenters. The van der Waals surface area contributed by atoms with Crippen LogP contribution < -0.4 is 10.1 Å². The first-order valence-corrected chi connectivity index (χ1v) is 13.1. The quantitative estimate of drug-likeness (QED) is 0.133. The Bertz CT molecular complexity index is 1690. The van der Waals surface area contributed by atoms with Crippen LogP contribution >= 0.6 is 0 Å². The van der Waals surface area contributed by atoms with Gasteiger partial charge >= 0.3 is 0 Å². The predicted molar refractivity (Wildman–Crippen MR) is 153 cm³/mol. The van der Waals surface area contributed by atoms with Crippen LogP contribution in [0.2, 0.25) is 0 Å². The van der Waals surface area contributed by atoms with E-state index in [9.17, 15) is 14.4 Å². The Morgan fingerprint density at radius 3 is 2.68 bits per heavy atom. The fourth-order valence-electron chi connectivity index (χ4n) is 4.22. The summed E-state index contributed by atoms with van der Waals surface area (Å²) in [5.74, 6) is -0.258. The van der Waals surface area contributed by atoms with Gasteiger partial charge in [-0.1, -0.05) is 48.5 Å². The summed E-state index contributed by atoms with van der Waals surface area (Å²) in [5, 5.41) is 17.4. The molecule has 8 nitrogen and oxygen atoms in total. The van der Waals surface area contributed by atoms with Crippen LogP contribution in [0.3, 0.4) is 0 Å². The van der Waals surface area contributed by atoms with Gasteiger partial charge in [0.05, 0.1) is 12.0 Å². The second kappa shape index (κ2) is 13.0. The van der Waals surface area contributed by atoms with Gasteiger partial charge in [0.15, 0.2) is 0 Å². The number of ether oxygens (including phenoxy) is 1. The lowest BCUT2D eigenvalue weighted by atomic mass is 10.1. The van der Waals surface area contributed by atoms with E-state index in [1.165, 1.54) is 6.07 Å². The molecule has 0 radical (unpaired) electrons. The van der Waals surface area contributed by atoms with Crippen LogP contribution in [0.15, 0.2) is 109 Å². The third kappa shape index (κ3) is 6.94. The second-order valence-corrected chi connectivity index (χ2v) is 9.20. The molecule has 0 saturated heterocycles. The minimum Gasteiger partial charge on any atom is -0.489 e. The highest BCUT2D eigenvalue weighted by atomic mass is 19.1. The summed E-state index contributed by atoms with van der Waals surface area (Å²) < 4.78 is 23.6. The minimum absolute atomic E-state index is 0.0338. The Balaban J connectivity index is 1.40. The maximum Gasteiger partial charge on any atom is 0.261 e. The highest BCUT2D eigenvalue weighted by Gasteiger charge is 2.16. The van der Waals surface area contributed by atoms with Crippen LogP contribution in [0.5, 0.6) is 5.75 Å². The number of aryl methyl sites for hydroxylation is 1. The molecule has 3 aromatic carbocycles. The summed E-state index contributed by atoms with van der Waals surface area (Å²) in [5.41, 5.74) is 3.10. The lowest BCUT2D eigenvalue weighted by Crippen LogP contribution is -2.26. The average Bonchev–Trinajstić information content (AvgIpc) is 3.69. The van der Waals surface area contributed by atoms with Gasteiger partial charge < -0.3 is 14.6 Å². The summed E-state index contributed by atoms with van der Waals surface area (Å²) in [6, 6.07) is 25.3. The van der Waals surface area contributed by atoms with E-state index >= 15 is 0 Å². The Kier molecular flexibility index (Phi) is 8.62. The number of hydrogen-bond acceptors (Lipinski definition) is 5. The number of para-hydroxylation sites is 1. The fourth-order valence-corrected chi connectivity index (χ4v) is 4.22. The molecule has 9 heteroatoms. The molecule has 0 aliphatic heterocycles. The highest BCUT2D eigenvalue weighted by molar-refractivity contribution is 6.02. The molecule has 41 heavy (non-hydrogen) atoms. The van der Waals surface area contributed by atoms with Gasteiger partial charge in [0.2, 0.25) is 0 Å². The van der Waals surface area contributed by atoms with Crippen LogP contribution in [0.25, 0.3) is 23.0 Å². The zero-order chi connectivity index (χ0) is 28.4. The number of nitrogens with zero attached hydrogens (tertiary/aromatic N) is 5. The summed E-state index contributed by atoms with van der Waals surface area (Å²) in [7, 11) is 0. The standard InChI is InChI=1S/C32H27FN6O2/c33-30-13-5-4-8-25(30)22-41-29-12-6-9-24(19-29)31-27(21-39(37-31)28-10-2-1-3-11-28)18-26(20-34)32(40)36-14-7-16-38-17-15-35-23-38/h1-6,8-13,15,17-19,21,23H,7,14,16,22H2,(H,36,40)/b26-18-. The Hall–Kier alpha value is -5.49. The zero-order valence-electron chi connectivity index (χ0n) is 22.2. The zero-order valence-corrected chi connectivity index (χ0v) is 22.2. The number of halogens is 1. The molecule has 5 rings (SSSR count). The largest absolute Gasteiger partial charge is 0.489 e.